The summed E-state index contributed by atoms with van der Waals surface area (Å²) in [6, 6.07) is 18.4. The number of halogens is 1. The van der Waals surface area contributed by atoms with Crippen LogP contribution in [-0.2, 0) is 12.8 Å². The van der Waals surface area contributed by atoms with E-state index in [4.69, 9.17) is 0 Å². The molecule has 0 radical (unpaired) electrons. The molecular formula is C19H24IN. The minimum Gasteiger partial charge on any atom is -0.314 e. The van der Waals surface area contributed by atoms with E-state index in [1.807, 2.05) is 0 Å². The second kappa shape index (κ2) is 8.54. The van der Waals surface area contributed by atoms with Gasteiger partial charge < -0.3 is 5.32 Å². The Morgan fingerprint density at radius 1 is 0.952 bits per heavy atom. The van der Waals surface area contributed by atoms with Gasteiger partial charge in [-0.15, -0.1) is 0 Å². The SMILES string of the molecule is CCNC(CCc1ccc(C)cc1)Cc1ccc(I)cc1. The van der Waals surface area contributed by atoms with Crippen molar-refractivity contribution in [2.75, 3.05) is 6.54 Å². The second-order valence-corrected chi connectivity index (χ2v) is 6.86. The molecule has 112 valence electrons. The molecular weight excluding hydrogens is 369 g/mol. The van der Waals surface area contributed by atoms with Gasteiger partial charge in [0, 0.05) is 9.61 Å². The van der Waals surface area contributed by atoms with E-state index in [0.717, 1.165) is 19.4 Å². The molecule has 0 aliphatic heterocycles. The maximum Gasteiger partial charge on any atom is 0.0130 e. The minimum absolute atomic E-state index is 0.552. The first-order valence-electron chi connectivity index (χ1n) is 7.70. The third kappa shape index (κ3) is 5.79. The van der Waals surface area contributed by atoms with Crippen LogP contribution in [-0.4, -0.2) is 12.6 Å². The lowest BCUT2D eigenvalue weighted by Gasteiger charge is -2.18. The van der Waals surface area contributed by atoms with Gasteiger partial charge in [0.15, 0.2) is 0 Å². The zero-order valence-corrected chi connectivity index (χ0v) is 15.1. The van der Waals surface area contributed by atoms with E-state index in [9.17, 15) is 0 Å². The highest BCUT2D eigenvalue weighted by atomic mass is 127. The van der Waals surface area contributed by atoms with Gasteiger partial charge in [0.25, 0.3) is 0 Å². The summed E-state index contributed by atoms with van der Waals surface area (Å²) in [5.74, 6) is 0. The van der Waals surface area contributed by atoms with Crippen LogP contribution in [0.25, 0.3) is 0 Å². The number of likely N-dealkylation sites (N-methyl/N-ethyl adjacent to an activating group) is 1. The fraction of sp³-hybridized carbons (Fsp3) is 0.368. The Morgan fingerprint density at radius 2 is 1.57 bits per heavy atom. The van der Waals surface area contributed by atoms with Crippen molar-refractivity contribution in [2.45, 2.75) is 39.2 Å². The lowest BCUT2D eigenvalue weighted by Crippen LogP contribution is -2.31. The van der Waals surface area contributed by atoms with Crippen LogP contribution in [0.2, 0.25) is 0 Å². The van der Waals surface area contributed by atoms with Crippen LogP contribution in [0.4, 0.5) is 0 Å². The first-order chi connectivity index (χ1) is 10.2. The highest BCUT2D eigenvalue weighted by Crippen LogP contribution is 2.13. The fourth-order valence-electron chi connectivity index (χ4n) is 2.57. The average Bonchev–Trinajstić information content (AvgIpc) is 2.49. The Labute approximate surface area is 142 Å². The van der Waals surface area contributed by atoms with Crippen molar-refractivity contribution in [3.8, 4) is 0 Å². The molecule has 0 heterocycles. The Bertz CT molecular complexity index is 530. The standard InChI is InChI=1S/C19H24IN/c1-3-21-19(14-17-8-11-18(20)12-9-17)13-10-16-6-4-15(2)5-7-16/h4-9,11-12,19,21H,3,10,13-14H2,1-2H3. The molecule has 0 aliphatic carbocycles. The number of aryl methyl sites for hydroxylation is 2. The van der Waals surface area contributed by atoms with E-state index in [0.29, 0.717) is 6.04 Å². The number of rotatable bonds is 7. The summed E-state index contributed by atoms with van der Waals surface area (Å²) in [5, 5.41) is 3.63. The molecule has 0 aliphatic rings. The van der Waals surface area contributed by atoms with Gasteiger partial charge in [-0.25, -0.2) is 0 Å². The fourth-order valence-corrected chi connectivity index (χ4v) is 2.93. The topological polar surface area (TPSA) is 12.0 Å². The quantitative estimate of drug-likeness (QED) is 0.670. The zero-order valence-electron chi connectivity index (χ0n) is 12.9. The van der Waals surface area contributed by atoms with Gasteiger partial charge in [0.2, 0.25) is 0 Å². The summed E-state index contributed by atoms with van der Waals surface area (Å²) in [5.41, 5.74) is 4.19. The molecule has 2 aromatic rings. The predicted molar refractivity (Wildman–Crippen MR) is 99.8 cm³/mol. The highest BCUT2D eigenvalue weighted by molar-refractivity contribution is 14.1. The summed E-state index contributed by atoms with van der Waals surface area (Å²) in [6.45, 7) is 5.36. The maximum atomic E-state index is 3.63. The third-order valence-electron chi connectivity index (χ3n) is 3.79. The first-order valence-corrected chi connectivity index (χ1v) is 8.78. The normalized spacial score (nSPS) is 12.3. The van der Waals surface area contributed by atoms with E-state index >= 15 is 0 Å². The minimum atomic E-state index is 0.552. The van der Waals surface area contributed by atoms with Crippen molar-refractivity contribution in [1.82, 2.24) is 5.32 Å². The molecule has 1 unspecified atom stereocenters. The van der Waals surface area contributed by atoms with Gasteiger partial charge in [0.1, 0.15) is 0 Å². The molecule has 21 heavy (non-hydrogen) atoms. The van der Waals surface area contributed by atoms with E-state index in [1.54, 1.807) is 0 Å². The van der Waals surface area contributed by atoms with Crippen molar-refractivity contribution >= 4 is 22.6 Å². The smallest absolute Gasteiger partial charge is 0.0130 e. The summed E-state index contributed by atoms with van der Waals surface area (Å²) in [7, 11) is 0. The van der Waals surface area contributed by atoms with Gasteiger partial charge >= 0.3 is 0 Å². The molecule has 0 saturated carbocycles. The Balaban J connectivity index is 1.92. The monoisotopic (exact) mass is 393 g/mol. The van der Waals surface area contributed by atoms with Crippen LogP contribution in [0.15, 0.2) is 48.5 Å². The van der Waals surface area contributed by atoms with Crippen LogP contribution in [0.3, 0.4) is 0 Å². The number of hydrogen-bond acceptors (Lipinski definition) is 1. The molecule has 0 fully saturated rings. The van der Waals surface area contributed by atoms with Crippen molar-refractivity contribution < 1.29 is 0 Å². The predicted octanol–water partition coefficient (Wildman–Crippen LogP) is 4.75. The third-order valence-corrected chi connectivity index (χ3v) is 4.51. The molecule has 2 rings (SSSR count). The van der Waals surface area contributed by atoms with Crippen LogP contribution in [0, 0.1) is 10.5 Å². The van der Waals surface area contributed by atoms with E-state index in [-0.39, 0.29) is 0 Å². The largest absolute Gasteiger partial charge is 0.314 e. The Hall–Kier alpha value is -0.870. The van der Waals surface area contributed by atoms with Gasteiger partial charge in [0.05, 0.1) is 0 Å². The molecule has 0 amide bonds. The molecule has 0 spiro atoms. The van der Waals surface area contributed by atoms with Crippen LogP contribution >= 0.6 is 22.6 Å². The second-order valence-electron chi connectivity index (χ2n) is 5.61. The van der Waals surface area contributed by atoms with Gasteiger partial charge in [-0.05, 0) is 78.6 Å². The van der Waals surface area contributed by atoms with Crippen molar-refractivity contribution in [1.29, 1.82) is 0 Å². The van der Waals surface area contributed by atoms with Gasteiger partial charge in [-0.1, -0.05) is 48.9 Å². The molecule has 0 aromatic heterocycles. The molecule has 0 saturated heterocycles. The lowest BCUT2D eigenvalue weighted by atomic mass is 9.98. The van der Waals surface area contributed by atoms with E-state index < -0.39 is 0 Å². The Morgan fingerprint density at radius 3 is 2.19 bits per heavy atom. The van der Waals surface area contributed by atoms with Gasteiger partial charge in [-0.2, -0.15) is 0 Å². The number of benzene rings is 2. The molecule has 0 bridgehead atoms. The summed E-state index contributed by atoms with van der Waals surface area (Å²) in [4.78, 5) is 0. The van der Waals surface area contributed by atoms with Gasteiger partial charge in [-0.3, -0.25) is 0 Å². The van der Waals surface area contributed by atoms with Crippen molar-refractivity contribution in [3.05, 3.63) is 68.8 Å². The van der Waals surface area contributed by atoms with Crippen LogP contribution in [0.5, 0.6) is 0 Å². The first kappa shape index (κ1) is 16.5. The lowest BCUT2D eigenvalue weighted by molar-refractivity contribution is 0.491. The Kier molecular flexibility index (Phi) is 6.71. The summed E-state index contributed by atoms with van der Waals surface area (Å²) >= 11 is 2.36. The number of nitrogens with one attached hydrogen (secondary N) is 1. The summed E-state index contributed by atoms with van der Waals surface area (Å²) < 4.78 is 1.30. The maximum absolute atomic E-state index is 3.63. The summed E-state index contributed by atoms with van der Waals surface area (Å²) in [6.07, 6.45) is 3.43. The zero-order chi connectivity index (χ0) is 15.1. The molecule has 2 aromatic carbocycles. The van der Waals surface area contributed by atoms with Crippen molar-refractivity contribution in [2.24, 2.45) is 0 Å². The number of hydrogen-bond donors (Lipinski definition) is 1. The molecule has 1 N–H and O–H groups in total. The molecule has 2 heteroatoms. The average molecular weight is 393 g/mol. The van der Waals surface area contributed by atoms with E-state index in [1.165, 1.54) is 26.7 Å². The van der Waals surface area contributed by atoms with Crippen LogP contribution < -0.4 is 5.32 Å². The van der Waals surface area contributed by atoms with Crippen molar-refractivity contribution in [3.63, 3.8) is 0 Å². The molecule has 1 nitrogen and oxygen atoms in total. The molecule has 1 atom stereocenters. The van der Waals surface area contributed by atoms with E-state index in [2.05, 4.69) is 90.3 Å². The highest BCUT2D eigenvalue weighted by Gasteiger charge is 2.08. The van der Waals surface area contributed by atoms with Crippen LogP contribution in [0.1, 0.15) is 30.0 Å².